The van der Waals surface area contributed by atoms with Gasteiger partial charge in [-0.1, -0.05) is 0 Å². The molecule has 1 aromatic rings. The Balaban J connectivity index is 3.53. The van der Waals surface area contributed by atoms with Crippen LogP contribution in [0.15, 0.2) is 6.07 Å². The molecule has 13 heavy (non-hydrogen) atoms. The minimum absolute atomic E-state index is 0.0667. The molecule has 0 bridgehead atoms. The third-order valence-electron chi connectivity index (χ3n) is 1.71. The number of Topliss-reactive ketones (excluding diaryl/α,β-unsaturated/α-hetero) is 1. The maximum absolute atomic E-state index is 10.9. The van der Waals surface area contributed by atoms with E-state index >= 15 is 0 Å². The molecule has 1 rings (SSSR count). The first-order chi connectivity index (χ1) is 5.95. The maximum Gasteiger partial charge on any atom is 0.167 e. The van der Waals surface area contributed by atoms with E-state index in [9.17, 15) is 15.0 Å². The number of benzene rings is 1. The molecule has 0 fully saturated rings. The summed E-state index contributed by atoms with van der Waals surface area (Å²) in [7, 11) is 0. The van der Waals surface area contributed by atoms with Gasteiger partial charge in [0, 0.05) is 11.6 Å². The number of rotatable bonds is 1. The smallest absolute Gasteiger partial charge is 0.167 e. The van der Waals surface area contributed by atoms with Crippen molar-refractivity contribution in [1.82, 2.24) is 0 Å². The number of hydrogen-bond donors (Lipinski definition) is 3. The molecule has 0 aliphatic rings. The van der Waals surface area contributed by atoms with Crippen LogP contribution in [0, 0.1) is 6.92 Å². The Hall–Kier alpha value is -1.71. The summed E-state index contributed by atoms with van der Waals surface area (Å²) < 4.78 is 0. The van der Waals surface area contributed by atoms with Crippen LogP contribution in [0.25, 0.3) is 0 Å². The second kappa shape index (κ2) is 2.97. The molecule has 0 aliphatic carbocycles. The minimum atomic E-state index is -0.486. The van der Waals surface area contributed by atoms with Crippen molar-refractivity contribution in [2.45, 2.75) is 6.92 Å². The number of carbonyl (C=O) groups is 1. The van der Waals surface area contributed by atoms with E-state index in [1.165, 1.54) is 6.92 Å². The lowest BCUT2D eigenvalue weighted by molar-refractivity contribution is 0.101. The van der Waals surface area contributed by atoms with E-state index in [1.54, 1.807) is 0 Å². The van der Waals surface area contributed by atoms with Gasteiger partial charge in [-0.15, -0.1) is 0 Å². The molecule has 3 N–H and O–H groups in total. The Morgan fingerprint density at radius 3 is 2.31 bits per heavy atom. The molecule has 69 valence electrons. The molecule has 0 aromatic heterocycles. The quantitative estimate of drug-likeness (QED) is 0.568. The number of ketones is 1. The predicted molar refractivity (Wildman–Crippen MR) is 45.9 cm³/mol. The summed E-state index contributed by atoms with van der Waals surface area (Å²) in [6.45, 7) is 4.54. The molecule has 4 heteroatoms. The molecule has 0 saturated carbocycles. The molecular weight excluding hydrogens is 172 g/mol. The van der Waals surface area contributed by atoms with Crippen molar-refractivity contribution in [3.8, 4) is 17.2 Å². The average Bonchev–Trinajstić information content (AvgIpc) is 1.99. The van der Waals surface area contributed by atoms with Crippen LogP contribution in [-0.2, 0) is 0 Å². The van der Waals surface area contributed by atoms with Gasteiger partial charge in [0.05, 0.1) is 0 Å². The van der Waals surface area contributed by atoms with Crippen LogP contribution in [0.2, 0.25) is 0 Å². The van der Waals surface area contributed by atoms with Gasteiger partial charge in [0.1, 0.15) is 22.8 Å². The lowest BCUT2D eigenvalue weighted by atomic mass is 10.0. The molecule has 1 radical (unpaired) electrons. The molecule has 0 saturated heterocycles. The summed E-state index contributed by atoms with van der Waals surface area (Å²) in [5, 5.41) is 27.6. The zero-order valence-corrected chi connectivity index (χ0v) is 7.03. The normalized spacial score (nSPS) is 10.0. The second-order valence-electron chi connectivity index (χ2n) is 2.67. The molecule has 0 spiro atoms. The van der Waals surface area contributed by atoms with Crippen molar-refractivity contribution < 1.29 is 20.1 Å². The SMILES string of the molecule is [CH2]c1c(O)cc(O)c(C(C)=O)c1O. The van der Waals surface area contributed by atoms with Crippen molar-refractivity contribution in [3.05, 3.63) is 24.1 Å². The third-order valence-corrected chi connectivity index (χ3v) is 1.71. The third kappa shape index (κ3) is 1.42. The Morgan fingerprint density at radius 1 is 1.31 bits per heavy atom. The molecule has 4 nitrogen and oxygen atoms in total. The van der Waals surface area contributed by atoms with E-state index in [0.717, 1.165) is 6.07 Å². The summed E-state index contributed by atoms with van der Waals surface area (Å²) in [5.41, 5.74) is -0.286. The van der Waals surface area contributed by atoms with Gasteiger partial charge < -0.3 is 15.3 Å². The van der Waals surface area contributed by atoms with Gasteiger partial charge in [-0.05, 0) is 13.8 Å². The van der Waals surface area contributed by atoms with Gasteiger partial charge in [0.15, 0.2) is 5.78 Å². The Labute approximate surface area is 75.1 Å². The molecule has 1 aromatic carbocycles. The molecule has 0 unspecified atom stereocenters. The van der Waals surface area contributed by atoms with Gasteiger partial charge in [-0.2, -0.15) is 0 Å². The van der Waals surface area contributed by atoms with Crippen molar-refractivity contribution >= 4 is 5.78 Å². The highest BCUT2D eigenvalue weighted by atomic mass is 16.3. The standard InChI is InChI=1S/C9H9O4/c1-4-6(11)3-7(12)8(5(2)10)9(4)13/h3,11-13H,1H2,2H3. The summed E-state index contributed by atoms with van der Waals surface area (Å²) in [6, 6.07) is 0.971. The topological polar surface area (TPSA) is 77.8 Å². The molecule has 0 atom stereocenters. The van der Waals surface area contributed by atoms with Gasteiger partial charge in [0.2, 0.25) is 0 Å². The van der Waals surface area contributed by atoms with E-state index in [0.29, 0.717) is 0 Å². The first kappa shape index (κ1) is 9.38. The van der Waals surface area contributed by atoms with Gasteiger partial charge in [-0.3, -0.25) is 4.79 Å². The van der Waals surface area contributed by atoms with E-state index in [1.807, 2.05) is 0 Å². The number of phenolic OH excluding ortho intramolecular Hbond substituents is 3. The van der Waals surface area contributed by atoms with Crippen LogP contribution in [0.5, 0.6) is 17.2 Å². The molecule has 0 heterocycles. The van der Waals surface area contributed by atoms with E-state index in [4.69, 9.17) is 5.11 Å². The maximum atomic E-state index is 10.9. The Morgan fingerprint density at radius 2 is 1.85 bits per heavy atom. The van der Waals surface area contributed by atoms with Crippen LogP contribution in [0.1, 0.15) is 22.8 Å². The van der Waals surface area contributed by atoms with Crippen LogP contribution in [-0.4, -0.2) is 21.1 Å². The lowest BCUT2D eigenvalue weighted by Gasteiger charge is -2.07. The van der Waals surface area contributed by atoms with Gasteiger partial charge in [0.25, 0.3) is 0 Å². The van der Waals surface area contributed by atoms with Crippen LogP contribution in [0.4, 0.5) is 0 Å². The molecular formula is C9H9O4. The first-order valence-electron chi connectivity index (χ1n) is 3.56. The van der Waals surface area contributed by atoms with Crippen molar-refractivity contribution in [1.29, 1.82) is 0 Å². The average molecular weight is 181 g/mol. The van der Waals surface area contributed by atoms with E-state index in [-0.39, 0.29) is 16.9 Å². The Kier molecular flexibility index (Phi) is 2.14. The summed E-state index contributed by atoms with van der Waals surface area (Å²) in [6.07, 6.45) is 0. The van der Waals surface area contributed by atoms with Gasteiger partial charge >= 0.3 is 0 Å². The monoisotopic (exact) mass is 181 g/mol. The van der Waals surface area contributed by atoms with E-state index in [2.05, 4.69) is 6.92 Å². The van der Waals surface area contributed by atoms with Crippen LogP contribution < -0.4 is 0 Å². The molecule has 0 amide bonds. The predicted octanol–water partition coefficient (Wildman–Crippen LogP) is 1.19. The second-order valence-corrected chi connectivity index (χ2v) is 2.67. The fraction of sp³-hybridized carbons (Fsp3) is 0.111. The lowest BCUT2D eigenvalue weighted by Crippen LogP contribution is -1.95. The fourth-order valence-corrected chi connectivity index (χ4v) is 1.03. The van der Waals surface area contributed by atoms with Crippen LogP contribution >= 0.6 is 0 Å². The number of hydrogen-bond acceptors (Lipinski definition) is 4. The summed E-state index contributed by atoms with van der Waals surface area (Å²) >= 11 is 0. The van der Waals surface area contributed by atoms with E-state index < -0.39 is 17.3 Å². The highest BCUT2D eigenvalue weighted by molar-refractivity contribution is 6.00. The number of aromatic hydroxyl groups is 3. The Bertz CT molecular complexity index is 368. The van der Waals surface area contributed by atoms with Crippen molar-refractivity contribution in [3.63, 3.8) is 0 Å². The number of carbonyl (C=O) groups excluding carboxylic acids is 1. The van der Waals surface area contributed by atoms with Crippen LogP contribution in [0.3, 0.4) is 0 Å². The fourth-order valence-electron chi connectivity index (χ4n) is 1.03. The summed E-state index contributed by atoms with van der Waals surface area (Å²) in [5.74, 6) is -1.76. The number of phenols is 3. The first-order valence-corrected chi connectivity index (χ1v) is 3.56. The summed E-state index contributed by atoms with van der Waals surface area (Å²) in [4.78, 5) is 10.9. The largest absolute Gasteiger partial charge is 0.507 e. The highest BCUT2D eigenvalue weighted by Gasteiger charge is 2.17. The highest BCUT2D eigenvalue weighted by Crippen LogP contribution is 2.36. The van der Waals surface area contributed by atoms with Crippen molar-refractivity contribution in [2.75, 3.05) is 0 Å². The minimum Gasteiger partial charge on any atom is -0.507 e. The zero-order chi connectivity index (χ0) is 10.2. The molecule has 0 aliphatic heterocycles. The van der Waals surface area contributed by atoms with Gasteiger partial charge in [-0.25, -0.2) is 0 Å². The zero-order valence-electron chi connectivity index (χ0n) is 7.03. The van der Waals surface area contributed by atoms with Crippen molar-refractivity contribution in [2.24, 2.45) is 0 Å².